The van der Waals surface area contributed by atoms with Crippen molar-refractivity contribution in [3.8, 4) is 17.2 Å². The Labute approximate surface area is 144 Å². The number of benzene rings is 1. The fourth-order valence-corrected chi connectivity index (χ4v) is 3.18. The van der Waals surface area contributed by atoms with Gasteiger partial charge in [0.25, 0.3) is 0 Å². The van der Waals surface area contributed by atoms with Gasteiger partial charge in [0.05, 0.1) is 18.6 Å². The van der Waals surface area contributed by atoms with E-state index in [1.807, 2.05) is 38.1 Å². The number of nitrogens with zero attached hydrogens (tertiary/aromatic N) is 1. The van der Waals surface area contributed by atoms with Gasteiger partial charge in [0.2, 0.25) is 11.8 Å². The SMILES string of the molecule is COc1ccc(-c2nc(C[S@](=O)CC(=O)NC(C)C)c(C)o2)cc1. The van der Waals surface area contributed by atoms with Crippen molar-refractivity contribution in [1.29, 1.82) is 0 Å². The third-order valence-electron chi connectivity index (χ3n) is 3.27. The van der Waals surface area contributed by atoms with Gasteiger partial charge in [-0.25, -0.2) is 4.98 Å². The number of hydrogen-bond acceptors (Lipinski definition) is 5. The van der Waals surface area contributed by atoms with E-state index in [1.165, 1.54) is 0 Å². The van der Waals surface area contributed by atoms with Gasteiger partial charge in [-0.3, -0.25) is 9.00 Å². The number of rotatable bonds is 7. The maximum Gasteiger partial charge on any atom is 0.232 e. The normalized spacial score (nSPS) is 12.2. The highest BCUT2D eigenvalue weighted by molar-refractivity contribution is 7.84. The van der Waals surface area contributed by atoms with Crippen molar-refractivity contribution in [2.45, 2.75) is 32.6 Å². The van der Waals surface area contributed by atoms with Crippen LogP contribution < -0.4 is 10.1 Å². The molecule has 0 saturated heterocycles. The molecule has 7 heteroatoms. The molecule has 1 N–H and O–H groups in total. The summed E-state index contributed by atoms with van der Waals surface area (Å²) in [6, 6.07) is 7.37. The lowest BCUT2D eigenvalue weighted by molar-refractivity contribution is -0.119. The van der Waals surface area contributed by atoms with Gasteiger partial charge in [-0.05, 0) is 45.0 Å². The molecule has 0 bridgehead atoms. The number of aryl methyl sites for hydroxylation is 1. The lowest BCUT2D eigenvalue weighted by atomic mass is 10.2. The van der Waals surface area contributed by atoms with Gasteiger partial charge in [0.1, 0.15) is 17.3 Å². The van der Waals surface area contributed by atoms with E-state index in [9.17, 15) is 9.00 Å². The molecule has 1 aromatic carbocycles. The Morgan fingerprint density at radius 1 is 1.33 bits per heavy atom. The lowest BCUT2D eigenvalue weighted by Crippen LogP contribution is -2.34. The molecule has 0 radical (unpaired) electrons. The third-order valence-corrected chi connectivity index (χ3v) is 4.45. The molecule has 0 aliphatic rings. The van der Waals surface area contributed by atoms with E-state index in [4.69, 9.17) is 9.15 Å². The molecule has 130 valence electrons. The molecule has 0 aliphatic carbocycles. The largest absolute Gasteiger partial charge is 0.497 e. The molecule has 6 nitrogen and oxygen atoms in total. The summed E-state index contributed by atoms with van der Waals surface area (Å²) in [5, 5.41) is 2.73. The van der Waals surface area contributed by atoms with E-state index >= 15 is 0 Å². The lowest BCUT2D eigenvalue weighted by Gasteiger charge is -2.07. The fourth-order valence-electron chi connectivity index (χ4n) is 2.13. The fraction of sp³-hybridized carbons (Fsp3) is 0.412. The van der Waals surface area contributed by atoms with Gasteiger partial charge in [-0.1, -0.05) is 0 Å². The molecular formula is C17H22N2O4S. The number of aromatic nitrogens is 1. The summed E-state index contributed by atoms with van der Waals surface area (Å²) in [5.74, 6) is 1.76. The number of hydrogen-bond donors (Lipinski definition) is 1. The summed E-state index contributed by atoms with van der Waals surface area (Å²) in [6.45, 7) is 5.51. The number of amides is 1. The van der Waals surface area contributed by atoms with E-state index in [1.54, 1.807) is 14.0 Å². The number of oxazole rings is 1. The first-order valence-electron chi connectivity index (χ1n) is 7.64. The standard InChI is InChI=1S/C17H22N2O4S/c1-11(2)18-16(20)10-24(21)9-15-12(3)23-17(19-15)13-5-7-14(22-4)8-6-13/h5-8,11H,9-10H2,1-4H3,(H,18,20)/t24-/m0/s1. The molecule has 1 atom stereocenters. The van der Waals surface area contributed by atoms with Crippen molar-refractivity contribution < 1.29 is 18.2 Å². The molecule has 24 heavy (non-hydrogen) atoms. The van der Waals surface area contributed by atoms with E-state index in [2.05, 4.69) is 10.3 Å². The Kier molecular flexibility index (Phi) is 6.14. The predicted molar refractivity (Wildman–Crippen MR) is 93.2 cm³/mol. The summed E-state index contributed by atoms with van der Waals surface area (Å²) in [7, 11) is 0.274. The molecule has 0 saturated carbocycles. The quantitative estimate of drug-likeness (QED) is 0.829. The van der Waals surface area contributed by atoms with Gasteiger partial charge < -0.3 is 14.5 Å². The van der Waals surface area contributed by atoms with Gasteiger partial charge >= 0.3 is 0 Å². The average Bonchev–Trinajstić information content (AvgIpc) is 2.87. The van der Waals surface area contributed by atoms with Crippen LogP contribution in [0.25, 0.3) is 11.5 Å². The molecule has 2 rings (SSSR count). The highest BCUT2D eigenvalue weighted by atomic mass is 32.2. The molecule has 2 aromatic rings. The highest BCUT2D eigenvalue weighted by Crippen LogP contribution is 2.24. The molecule has 0 fully saturated rings. The van der Waals surface area contributed by atoms with Gasteiger partial charge in [-0.15, -0.1) is 0 Å². The monoisotopic (exact) mass is 350 g/mol. The summed E-state index contributed by atoms with van der Waals surface area (Å²) in [6.07, 6.45) is 0. The van der Waals surface area contributed by atoms with Crippen LogP contribution in [-0.4, -0.2) is 34.0 Å². The van der Waals surface area contributed by atoms with E-state index < -0.39 is 10.8 Å². The first-order chi connectivity index (χ1) is 11.4. The first kappa shape index (κ1) is 18.2. The van der Waals surface area contributed by atoms with Crippen molar-refractivity contribution in [2.24, 2.45) is 0 Å². The second-order valence-electron chi connectivity index (χ2n) is 5.70. The van der Waals surface area contributed by atoms with Gasteiger partial charge in [0.15, 0.2) is 0 Å². The van der Waals surface area contributed by atoms with Crippen LogP contribution in [0.5, 0.6) is 5.75 Å². The van der Waals surface area contributed by atoms with Crippen LogP contribution in [-0.2, 0) is 21.3 Å². The summed E-state index contributed by atoms with van der Waals surface area (Å²) in [4.78, 5) is 16.1. The van der Waals surface area contributed by atoms with Crippen molar-refractivity contribution in [3.63, 3.8) is 0 Å². The minimum absolute atomic E-state index is 0.0324. The van der Waals surface area contributed by atoms with Crippen molar-refractivity contribution in [1.82, 2.24) is 10.3 Å². The average molecular weight is 350 g/mol. The minimum atomic E-state index is -1.33. The van der Waals surface area contributed by atoms with E-state index in [0.717, 1.165) is 11.3 Å². The number of methoxy groups -OCH3 is 1. The zero-order chi connectivity index (χ0) is 17.7. The second kappa shape index (κ2) is 8.10. The highest BCUT2D eigenvalue weighted by Gasteiger charge is 2.16. The molecule has 0 unspecified atom stereocenters. The summed E-state index contributed by atoms with van der Waals surface area (Å²) in [5.41, 5.74) is 1.42. The first-order valence-corrected chi connectivity index (χ1v) is 9.13. The third kappa shape index (κ3) is 4.92. The Morgan fingerprint density at radius 2 is 2.00 bits per heavy atom. The molecule has 1 aromatic heterocycles. The van der Waals surface area contributed by atoms with Gasteiger partial charge in [-0.2, -0.15) is 0 Å². The maximum absolute atomic E-state index is 12.1. The molecule has 0 aliphatic heterocycles. The van der Waals surface area contributed by atoms with Crippen LogP contribution in [0.1, 0.15) is 25.3 Å². The Hall–Kier alpha value is -2.15. The van der Waals surface area contributed by atoms with Crippen LogP contribution in [0.2, 0.25) is 0 Å². The number of carbonyl (C=O) groups is 1. The van der Waals surface area contributed by atoms with Crippen LogP contribution >= 0.6 is 0 Å². The summed E-state index contributed by atoms with van der Waals surface area (Å²) >= 11 is 0. The smallest absolute Gasteiger partial charge is 0.232 e. The number of carbonyl (C=O) groups excluding carboxylic acids is 1. The Bertz CT molecular complexity index is 723. The van der Waals surface area contributed by atoms with E-state index in [-0.39, 0.29) is 23.5 Å². The summed E-state index contributed by atoms with van der Waals surface area (Å²) < 4.78 is 22.9. The predicted octanol–water partition coefficient (Wildman–Crippen LogP) is 2.43. The van der Waals surface area contributed by atoms with Crippen LogP contribution in [0.3, 0.4) is 0 Å². The molecule has 0 spiro atoms. The second-order valence-corrected chi connectivity index (χ2v) is 7.16. The minimum Gasteiger partial charge on any atom is -0.497 e. The van der Waals surface area contributed by atoms with E-state index in [0.29, 0.717) is 17.3 Å². The molecule has 1 heterocycles. The van der Waals surface area contributed by atoms with Crippen molar-refractivity contribution in [3.05, 3.63) is 35.7 Å². The zero-order valence-electron chi connectivity index (χ0n) is 14.3. The Balaban J connectivity index is 2.05. The number of ether oxygens (including phenoxy) is 1. The Morgan fingerprint density at radius 3 is 2.58 bits per heavy atom. The topological polar surface area (TPSA) is 81.4 Å². The zero-order valence-corrected chi connectivity index (χ0v) is 15.1. The van der Waals surface area contributed by atoms with Crippen LogP contribution in [0.4, 0.5) is 0 Å². The van der Waals surface area contributed by atoms with Gasteiger partial charge in [0, 0.05) is 22.4 Å². The van der Waals surface area contributed by atoms with Crippen molar-refractivity contribution in [2.75, 3.05) is 12.9 Å². The van der Waals surface area contributed by atoms with Crippen LogP contribution in [0, 0.1) is 6.92 Å². The number of nitrogens with one attached hydrogen (secondary N) is 1. The molecular weight excluding hydrogens is 328 g/mol. The van der Waals surface area contributed by atoms with Crippen LogP contribution in [0.15, 0.2) is 28.7 Å². The maximum atomic E-state index is 12.1. The molecule has 1 amide bonds. The van der Waals surface area contributed by atoms with Crippen molar-refractivity contribution >= 4 is 16.7 Å².